The first-order valence-electron chi connectivity index (χ1n) is 6.04. The van der Waals surface area contributed by atoms with Gasteiger partial charge in [-0.3, -0.25) is 0 Å². The van der Waals surface area contributed by atoms with Crippen LogP contribution in [0.4, 0.5) is 11.8 Å². The molecule has 1 aromatic heterocycles. The van der Waals surface area contributed by atoms with Crippen molar-refractivity contribution in [1.29, 1.82) is 0 Å². The summed E-state index contributed by atoms with van der Waals surface area (Å²) in [5, 5.41) is 3.41. The predicted octanol–water partition coefficient (Wildman–Crippen LogP) is 2.45. The van der Waals surface area contributed by atoms with Crippen LogP contribution in [0, 0.1) is 6.92 Å². The number of aryl methyl sites for hydroxylation is 1. The minimum absolute atomic E-state index is 0.345. The number of nitrogens with one attached hydrogen (secondary N) is 1. The van der Waals surface area contributed by atoms with Crippen molar-refractivity contribution in [2.75, 3.05) is 23.9 Å². The Kier molecular flexibility index (Phi) is 3.76. The molecule has 0 aliphatic heterocycles. The molecule has 17 heavy (non-hydrogen) atoms. The lowest BCUT2D eigenvalue weighted by Crippen LogP contribution is -2.30. The average Bonchev–Trinajstić information content (AvgIpc) is 2.74. The lowest BCUT2D eigenvalue weighted by Gasteiger charge is -2.27. The molecule has 4 nitrogen and oxygen atoms in total. The zero-order chi connectivity index (χ0) is 12.3. The molecule has 0 bridgehead atoms. The van der Waals surface area contributed by atoms with E-state index in [0.717, 1.165) is 18.1 Å². The molecule has 0 aromatic carbocycles. The quantitative estimate of drug-likeness (QED) is 0.862. The van der Waals surface area contributed by atoms with Gasteiger partial charge < -0.3 is 11.1 Å². The van der Waals surface area contributed by atoms with Gasteiger partial charge in [0.1, 0.15) is 5.82 Å². The summed E-state index contributed by atoms with van der Waals surface area (Å²) in [6, 6.07) is 1.94. The fourth-order valence-corrected chi connectivity index (χ4v) is 3.32. The number of anilines is 2. The van der Waals surface area contributed by atoms with Crippen LogP contribution in [0.5, 0.6) is 0 Å². The van der Waals surface area contributed by atoms with Crippen LogP contribution < -0.4 is 11.1 Å². The third-order valence-corrected chi connectivity index (χ3v) is 4.83. The summed E-state index contributed by atoms with van der Waals surface area (Å²) in [5.74, 6) is 1.19. The summed E-state index contributed by atoms with van der Waals surface area (Å²) in [6.07, 6.45) is 7.47. The van der Waals surface area contributed by atoms with Gasteiger partial charge in [-0.1, -0.05) is 12.8 Å². The summed E-state index contributed by atoms with van der Waals surface area (Å²) in [4.78, 5) is 8.28. The molecule has 0 amide bonds. The second-order valence-corrected chi connectivity index (χ2v) is 5.97. The number of nitrogen functional groups attached to an aromatic ring is 1. The van der Waals surface area contributed by atoms with E-state index < -0.39 is 0 Å². The number of nitrogens with two attached hydrogens (primary N) is 1. The van der Waals surface area contributed by atoms with Gasteiger partial charge in [0.15, 0.2) is 0 Å². The largest absolute Gasteiger partial charge is 0.369 e. The Bertz CT molecular complexity index is 368. The third-order valence-electron chi connectivity index (χ3n) is 3.41. The Labute approximate surface area is 107 Å². The normalized spacial score (nSPS) is 18.2. The van der Waals surface area contributed by atoms with E-state index >= 15 is 0 Å². The Balaban J connectivity index is 2.01. The SMILES string of the molecule is CSC1(CNc2cc(C)nc(N)n2)CCCC1. The second kappa shape index (κ2) is 5.12. The Morgan fingerprint density at radius 3 is 2.71 bits per heavy atom. The first-order valence-corrected chi connectivity index (χ1v) is 7.26. The maximum absolute atomic E-state index is 5.64. The smallest absolute Gasteiger partial charge is 0.222 e. The Morgan fingerprint density at radius 1 is 1.41 bits per heavy atom. The zero-order valence-electron chi connectivity index (χ0n) is 10.5. The molecule has 2 rings (SSSR count). The van der Waals surface area contributed by atoms with Crippen LogP contribution in [-0.4, -0.2) is 27.5 Å². The fourth-order valence-electron chi connectivity index (χ4n) is 2.41. The molecule has 0 atom stereocenters. The van der Waals surface area contributed by atoms with E-state index in [9.17, 15) is 0 Å². The molecule has 1 aromatic rings. The maximum atomic E-state index is 5.64. The first-order chi connectivity index (χ1) is 8.13. The van der Waals surface area contributed by atoms with E-state index in [-0.39, 0.29) is 0 Å². The molecule has 1 aliphatic carbocycles. The van der Waals surface area contributed by atoms with E-state index in [1.807, 2.05) is 24.8 Å². The standard InChI is InChI=1S/C12H20N4S/c1-9-7-10(16-11(13)15-9)14-8-12(17-2)5-3-4-6-12/h7H,3-6,8H2,1-2H3,(H3,13,14,15,16). The second-order valence-electron chi connectivity index (χ2n) is 4.70. The van der Waals surface area contributed by atoms with Crippen molar-refractivity contribution in [3.8, 4) is 0 Å². The molecule has 1 fully saturated rings. The molecule has 1 saturated carbocycles. The van der Waals surface area contributed by atoms with Crippen molar-refractivity contribution < 1.29 is 0 Å². The molecule has 0 spiro atoms. The van der Waals surface area contributed by atoms with Crippen molar-refractivity contribution >= 4 is 23.5 Å². The highest BCUT2D eigenvalue weighted by molar-refractivity contribution is 8.00. The van der Waals surface area contributed by atoms with E-state index in [4.69, 9.17) is 5.73 Å². The molecule has 0 saturated heterocycles. The highest BCUT2D eigenvalue weighted by Crippen LogP contribution is 2.40. The Hall–Kier alpha value is -0.970. The zero-order valence-corrected chi connectivity index (χ0v) is 11.3. The van der Waals surface area contributed by atoms with E-state index in [1.54, 1.807) is 0 Å². The number of aromatic nitrogens is 2. The van der Waals surface area contributed by atoms with Gasteiger partial charge in [0.05, 0.1) is 0 Å². The van der Waals surface area contributed by atoms with E-state index in [1.165, 1.54) is 25.7 Å². The van der Waals surface area contributed by atoms with Crippen LogP contribution in [0.2, 0.25) is 0 Å². The predicted molar refractivity (Wildman–Crippen MR) is 74.4 cm³/mol. The summed E-state index contributed by atoms with van der Waals surface area (Å²) in [5.41, 5.74) is 6.55. The van der Waals surface area contributed by atoms with Crippen molar-refractivity contribution in [1.82, 2.24) is 9.97 Å². The van der Waals surface area contributed by atoms with Gasteiger partial charge in [-0.25, -0.2) is 4.98 Å². The van der Waals surface area contributed by atoms with Crippen LogP contribution in [0.25, 0.3) is 0 Å². The molecular formula is C12H20N4S. The van der Waals surface area contributed by atoms with Crippen molar-refractivity contribution in [2.24, 2.45) is 0 Å². The highest BCUT2D eigenvalue weighted by Gasteiger charge is 2.32. The molecular weight excluding hydrogens is 232 g/mol. The summed E-state index contributed by atoms with van der Waals surface area (Å²) >= 11 is 1.97. The van der Waals surface area contributed by atoms with Crippen LogP contribution in [0.15, 0.2) is 6.07 Å². The first kappa shape index (κ1) is 12.5. The topological polar surface area (TPSA) is 63.8 Å². The highest BCUT2D eigenvalue weighted by atomic mass is 32.2. The molecule has 5 heteroatoms. The monoisotopic (exact) mass is 252 g/mol. The van der Waals surface area contributed by atoms with Crippen molar-refractivity contribution in [3.05, 3.63) is 11.8 Å². The fraction of sp³-hybridized carbons (Fsp3) is 0.667. The number of hydrogen-bond donors (Lipinski definition) is 2. The van der Waals surface area contributed by atoms with Gasteiger partial charge in [-0.2, -0.15) is 16.7 Å². The molecule has 0 radical (unpaired) electrons. The van der Waals surface area contributed by atoms with Crippen LogP contribution >= 0.6 is 11.8 Å². The molecule has 94 valence electrons. The maximum Gasteiger partial charge on any atom is 0.222 e. The van der Waals surface area contributed by atoms with E-state index in [0.29, 0.717) is 10.7 Å². The van der Waals surface area contributed by atoms with Gasteiger partial charge in [0, 0.05) is 23.1 Å². The lowest BCUT2D eigenvalue weighted by molar-refractivity contribution is 0.638. The van der Waals surface area contributed by atoms with Gasteiger partial charge in [-0.05, 0) is 26.0 Å². The molecule has 3 N–H and O–H groups in total. The van der Waals surface area contributed by atoms with Gasteiger partial charge >= 0.3 is 0 Å². The number of nitrogens with zero attached hydrogens (tertiary/aromatic N) is 2. The Morgan fingerprint density at radius 2 is 2.12 bits per heavy atom. The van der Waals surface area contributed by atoms with Crippen LogP contribution in [0.3, 0.4) is 0 Å². The number of thioether (sulfide) groups is 1. The van der Waals surface area contributed by atoms with E-state index in [2.05, 4.69) is 21.5 Å². The van der Waals surface area contributed by atoms with Crippen LogP contribution in [-0.2, 0) is 0 Å². The minimum Gasteiger partial charge on any atom is -0.369 e. The lowest BCUT2D eigenvalue weighted by atomic mass is 10.1. The average molecular weight is 252 g/mol. The summed E-state index contributed by atoms with van der Waals surface area (Å²) in [6.45, 7) is 2.90. The van der Waals surface area contributed by atoms with Gasteiger partial charge in [0.25, 0.3) is 0 Å². The molecule has 1 aliphatic rings. The van der Waals surface area contributed by atoms with Gasteiger partial charge in [-0.15, -0.1) is 0 Å². The summed E-state index contributed by atoms with van der Waals surface area (Å²) < 4.78 is 0.383. The molecule has 1 heterocycles. The number of hydrogen-bond acceptors (Lipinski definition) is 5. The number of rotatable bonds is 4. The third kappa shape index (κ3) is 3.03. The van der Waals surface area contributed by atoms with Gasteiger partial charge in [0.2, 0.25) is 5.95 Å². The van der Waals surface area contributed by atoms with Crippen LogP contribution in [0.1, 0.15) is 31.4 Å². The summed E-state index contributed by atoms with van der Waals surface area (Å²) in [7, 11) is 0. The molecule has 0 unspecified atom stereocenters. The minimum atomic E-state index is 0.345. The van der Waals surface area contributed by atoms with Crippen molar-refractivity contribution in [3.63, 3.8) is 0 Å². The van der Waals surface area contributed by atoms with Crippen molar-refractivity contribution in [2.45, 2.75) is 37.4 Å².